The van der Waals surface area contributed by atoms with E-state index in [0.29, 0.717) is 0 Å². The summed E-state index contributed by atoms with van der Waals surface area (Å²) in [5.41, 5.74) is 6.07. The molecule has 2 rings (SSSR count). The number of nitrogens with zero attached hydrogens (tertiary/aromatic N) is 2. The Bertz CT molecular complexity index is 492. The molecular weight excluding hydrogens is 198 g/mol. The first kappa shape index (κ1) is 9.08. The number of thiazole rings is 1. The Kier molecular flexibility index (Phi) is 2.17. The summed E-state index contributed by atoms with van der Waals surface area (Å²) in [6.07, 6.45) is 3.71. The molecule has 1 amide bonds. The number of hydrogen-bond acceptors (Lipinski definition) is 3. The summed E-state index contributed by atoms with van der Waals surface area (Å²) in [6, 6.07) is 1.89. The van der Waals surface area contributed by atoms with Crippen LogP contribution in [0.15, 0.2) is 18.5 Å². The Balaban J connectivity index is 2.45. The molecule has 14 heavy (non-hydrogen) atoms. The number of primary amides is 1. The average Bonchev–Trinajstić information content (AvgIpc) is 2.42. The molecule has 0 atom stereocenters. The smallest absolute Gasteiger partial charge is 0.283 e. The van der Waals surface area contributed by atoms with Crippen molar-refractivity contribution < 1.29 is 9.36 Å². The number of aromatic nitrogens is 2. The Morgan fingerprint density at radius 2 is 2.50 bits per heavy atom. The largest absolute Gasteiger partial charge is 0.364 e. The summed E-state index contributed by atoms with van der Waals surface area (Å²) in [7, 11) is 0. The van der Waals surface area contributed by atoms with Gasteiger partial charge in [0.1, 0.15) is 4.70 Å². The molecule has 0 bridgehead atoms. The van der Waals surface area contributed by atoms with Crippen molar-refractivity contribution in [2.45, 2.75) is 13.5 Å². The SMILES string of the molecule is Cc1nc2cc[n+](CC(N)=O)cc2s1. The van der Waals surface area contributed by atoms with Gasteiger partial charge in [0, 0.05) is 6.07 Å². The van der Waals surface area contributed by atoms with Crippen LogP contribution in [0.5, 0.6) is 0 Å². The van der Waals surface area contributed by atoms with Gasteiger partial charge in [0.25, 0.3) is 5.91 Å². The second kappa shape index (κ2) is 3.34. The van der Waals surface area contributed by atoms with Crippen molar-refractivity contribution in [2.24, 2.45) is 5.73 Å². The number of rotatable bonds is 2. The van der Waals surface area contributed by atoms with E-state index in [1.165, 1.54) is 0 Å². The van der Waals surface area contributed by atoms with Gasteiger partial charge in [-0.15, -0.1) is 11.3 Å². The molecular formula is C9H10N3OS+. The van der Waals surface area contributed by atoms with Gasteiger partial charge in [-0.1, -0.05) is 0 Å². The number of nitrogens with two attached hydrogens (primary N) is 1. The standard InChI is InChI=1S/C9H9N3OS/c1-6-11-7-2-3-12(5-9(10)13)4-8(7)14-6/h2-4H,5H2,1H3,(H-,10,13)/p+1. The van der Waals surface area contributed by atoms with Crippen LogP contribution in [-0.4, -0.2) is 10.9 Å². The predicted octanol–water partition coefficient (Wildman–Crippen LogP) is 0.378. The number of carbonyl (C=O) groups excluding carboxylic acids is 1. The van der Waals surface area contributed by atoms with Gasteiger partial charge in [-0.05, 0) is 6.92 Å². The minimum Gasteiger partial charge on any atom is -0.364 e. The zero-order valence-corrected chi connectivity index (χ0v) is 8.54. The molecule has 4 nitrogen and oxygen atoms in total. The Morgan fingerprint density at radius 1 is 1.71 bits per heavy atom. The molecule has 0 aliphatic carbocycles. The maximum Gasteiger partial charge on any atom is 0.283 e. The Morgan fingerprint density at radius 3 is 3.21 bits per heavy atom. The first-order valence-electron chi connectivity index (χ1n) is 4.20. The highest BCUT2D eigenvalue weighted by atomic mass is 32.1. The molecule has 2 heterocycles. The molecule has 2 N–H and O–H groups in total. The van der Waals surface area contributed by atoms with Crippen LogP contribution in [0, 0.1) is 6.92 Å². The van der Waals surface area contributed by atoms with Gasteiger partial charge in [0.05, 0.1) is 10.5 Å². The summed E-state index contributed by atoms with van der Waals surface area (Å²) in [6.45, 7) is 2.18. The van der Waals surface area contributed by atoms with Crippen molar-refractivity contribution in [1.29, 1.82) is 0 Å². The summed E-state index contributed by atoms with van der Waals surface area (Å²) in [4.78, 5) is 15.0. The number of carbonyl (C=O) groups is 1. The first-order chi connectivity index (χ1) is 6.65. The lowest BCUT2D eigenvalue weighted by molar-refractivity contribution is -0.682. The van der Waals surface area contributed by atoms with Gasteiger partial charge in [-0.3, -0.25) is 4.79 Å². The van der Waals surface area contributed by atoms with Gasteiger partial charge in [0.15, 0.2) is 12.4 Å². The number of hydrogen-bond donors (Lipinski definition) is 1. The number of pyridine rings is 1. The van der Waals surface area contributed by atoms with E-state index in [9.17, 15) is 4.79 Å². The van der Waals surface area contributed by atoms with Gasteiger partial charge in [-0.2, -0.15) is 4.57 Å². The third kappa shape index (κ3) is 1.72. The lowest BCUT2D eigenvalue weighted by Gasteiger charge is -1.91. The van der Waals surface area contributed by atoms with E-state index in [2.05, 4.69) is 4.98 Å². The van der Waals surface area contributed by atoms with E-state index in [0.717, 1.165) is 15.2 Å². The fourth-order valence-electron chi connectivity index (χ4n) is 1.31. The number of aryl methyl sites for hydroxylation is 1. The van der Waals surface area contributed by atoms with Crippen molar-refractivity contribution in [3.05, 3.63) is 23.5 Å². The minimum absolute atomic E-state index is 0.215. The molecule has 0 saturated heterocycles. The Labute approximate surface area is 85.0 Å². The molecule has 5 heteroatoms. The molecule has 0 aliphatic rings. The van der Waals surface area contributed by atoms with Crippen LogP contribution < -0.4 is 10.3 Å². The lowest BCUT2D eigenvalue weighted by Crippen LogP contribution is -2.39. The molecule has 2 aromatic heterocycles. The van der Waals surface area contributed by atoms with E-state index in [1.54, 1.807) is 15.9 Å². The zero-order valence-electron chi connectivity index (χ0n) is 7.73. The summed E-state index contributed by atoms with van der Waals surface area (Å²) < 4.78 is 2.84. The highest BCUT2D eigenvalue weighted by molar-refractivity contribution is 7.18. The van der Waals surface area contributed by atoms with Gasteiger partial charge in [0.2, 0.25) is 6.54 Å². The van der Waals surface area contributed by atoms with Crippen LogP contribution in [0.1, 0.15) is 5.01 Å². The maximum atomic E-state index is 10.7. The van der Waals surface area contributed by atoms with Crippen LogP contribution in [-0.2, 0) is 11.3 Å². The molecule has 0 aromatic carbocycles. The van der Waals surface area contributed by atoms with Crippen LogP contribution in [0.25, 0.3) is 10.2 Å². The quantitative estimate of drug-likeness (QED) is 0.725. The number of fused-ring (bicyclic) bond motifs is 1. The molecule has 0 aliphatic heterocycles. The maximum absolute atomic E-state index is 10.7. The molecule has 2 aromatic rings. The topological polar surface area (TPSA) is 59.9 Å². The molecule has 72 valence electrons. The predicted molar refractivity (Wildman–Crippen MR) is 53.7 cm³/mol. The Hall–Kier alpha value is -1.49. The highest BCUT2D eigenvalue weighted by Gasteiger charge is 2.08. The molecule has 0 fully saturated rings. The average molecular weight is 208 g/mol. The minimum atomic E-state index is -0.337. The fraction of sp³-hybridized carbons (Fsp3) is 0.222. The van der Waals surface area contributed by atoms with Crippen molar-refractivity contribution in [3.8, 4) is 0 Å². The van der Waals surface area contributed by atoms with Crippen LogP contribution in [0.3, 0.4) is 0 Å². The summed E-state index contributed by atoms with van der Waals surface area (Å²) in [5, 5.41) is 1.02. The van der Waals surface area contributed by atoms with Gasteiger partial charge < -0.3 is 5.73 Å². The van der Waals surface area contributed by atoms with E-state index >= 15 is 0 Å². The van der Waals surface area contributed by atoms with Crippen molar-refractivity contribution >= 4 is 27.5 Å². The third-order valence-electron chi connectivity index (χ3n) is 1.83. The highest BCUT2D eigenvalue weighted by Crippen LogP contribution is 2.18. The normalized spacial score (nSPS) is 10.6. The number of amides is 1. The molecule has 0 unspecified atom stereocenters. The first-order valence-corrected chi connectivity index (χ1v) is 5.01. The van der Waals surface area contributed by atoms with Crippen LogP contribution in [0.2, 0.25) is 0 Å². The summed E-state index contributed by atoms with van der Waals surface area (Å²) in [5.74, 6) is -0.337. The molecule has 0 spiro atoms. The van der Waals surface area contributed by atoms with Crippen molar-refractivity contribution in [3.63, 3.8) is 0 Å². The van der Waals surface area contributed by atoms with E-state index in [4.69, 9.17) is 5.73 Å². The zero-order chi connectivity index (χ0) is 10.1. The van der Waals surface area contributed by atoms with Crippen molar-refractivity contribution in [2.75, 3.05) is 0 Å². The third-order valence-corrected chi connectivity index (χ3v) is 2.75. The molecule has 0 saturated carbocycles. The lowest BCUT2D eigenvalue weighted by atomic mass is 10.4. The summed E-state index contributed by atoms with van der Waals surface area (Å²) >= 11 is 1.61. The van der Waals surface area contributed by atoms with Crippen molar-refractivity contribution in [1.82, 2.24) is 4.98 Å². The van der Waals surface area contributed by atoms with Crippen LogP contribution >= 0.6 is 11.3 Å². The van der Waals surface area contributed by atoms with Gasteiger partial charge in [-0.25, -0.2) is 4.98 Å². The van der Waals surface area contributed by atoms with Crippen LogP contribution in [0.4, 0.5) is 0 Å². The fourth-order valence-corrected chi connectivity index (χ4v) is 2.18. The van der Waals surface area contributed by atoms with E-state index < -0.39 is 0 Å². The van der Waals surface area contributed by atoms with E-state index in [-0.39, 0.29) is 12.5 Å². The second-order valence-corrected chi connectivity index (χ2v) is 4.30. The van der Waals surface area contributed by atoms with E-state index in [1.807, 2.05) is 25.4 Å². The monoisotopic (exact) mass is 208 g/mol. The van der Waals surface area contributed by atoms with Gasteiger partial charge >= 0.3 is 0 Å². The second-order valence-electron chi connectivity index (χ2n) is 3.07. The molecule has 0 radical (unpaired) electrons.